The first-order valence-electron chi connectivity index (χ1n) is 6.26. The van der Waals surface area contributed by atoms with Crippen LogP contribution in [0.1, 0.15) is 5.56 Å². The highest BCUT2D eigenvalue weighted by molar-refractivity contribution is 6.42. The largest absolute Gasteiger partial charge is 0.383 e. The Labute approximate surface area is 134 Å². The Hall–Kier alpha value is -1.09. The molecule has 0 heterocycles. The molecule has 2 nitrogen and oxygen atoms in total. The number of nitrogens with one attached hydrogen (secondary N) is 2. The quantitative estimate of drug-likeness (QED) is 0.710. The Bertz CT molecular complexity index is 600. The van der Waals surface area contributed by atoms with Gasteiger partial charge in [-0.3, -0.25) is 0 Å². The minimum atomic E-state index is 0.551. The van der Waals surface area contributed by atoms with E-state index in [1.54, 1.807) is 6.07 Å². The molecule has 20 heavy (non-hydrogen) atoms. The summed E-state index contributed by atoms with van der Waals surface area (Å²) in [6.45, 7) is 3.54. The summed E-state index contributed by atoms with van der Waals surface area (Å²) in [7, 11) is 0. The van der Waals surface area contributed by atoms with Crippen LogP contribution in [-0.4, -0.2) is 13.1 Å². The minimum Gasteiger partial charge on any atom is -0.383 e. The Morgan fingerprint density at radius 1 is 0.850 bits per heavy atom. The lowest BCUT2D eigenvalue weighted by Gasteiger charge is -2.12. The van der Waals surface area contributed by atoms with E-state index in [1.807, 2.05) is 37.3 Å². The maximum absolute atomic E-state index is 6.07. The van der Waals surface area contributed by atoms with Crippen LogP contribution in [0, 0.1) is 6.92 Å². The molecule has 106 valence electrons. The summed E-state index contributed by atoms with van der Waals surface area (Å²) in [5, 5.41) is 8.50. The van der Waals surface area contributed by atoms with E-state index >= 15 is 0 Å². The Morgan fingerprint density at radius 3 is 2.35 bits per heavy atom. The molecule has 0 saturated carbocycles. The molecule has 0 aliphatic rings. The van der Waals surface area contributed by atoms with Crippen LogP contribution in [0.15, 0.2) is 36.4 Å². The average Bonchev–Trinajstić information content (AvgIpc) is 2.43. The fourth-order valence-corrected chi connectivity index (χ4v) is 2.28. The number of anilines is 2. The first kappa shape index (κ1) is 15.3. The molecule has 2 rings (SSSR count). The van der Waals surface area contributed by atoms with E-state index in [-0.39, 0.29) is 0 Å². The summed E-state index contributed by atoms with van der Waals surface area (Å²) in [6, 6.07) is 11.3. The van der Waals surface area contributed by atoms with Crippen molar-refractivity contribution in [3.63, 3.8) is 0 Å². The SMILES string of the molecule is Cc1c(Cl)cccc1NCCNc1ccc(Cl)c(Cl)c1. The van der Waals surface area contributed by atoms with Crippen molar-refractivity contribution in [2.45, 2.75) is 6.92 Å². The Balaban J connectivity index is 1.84. The standard InChI is InChI=1S/C15H15Cl3N2/c1-10-12(16)3-2-4-15(10)20-8-7-19-11-5-6-13(17)14(18)9-11/h2-6,9,19-20H,7-8H2,1H3. The predicted octanol–water partition coefficient (Wildman–Crippen LogP) is 5.48. The van der Waals surface area contributed by atoms with Crippen LogP contribution < -0.4 is 10.6 Å². The molecule has 5 heteroatoms. The van der Waals surface area contributed by atoms with Gasteiger partial charge in [-0.2, -0.15) is 0 Å². The highest BCUT2D eigenvalue weighted by atomic mass is 35.5. The van der Waals surface area contributed by atoms with Gasteiger partial charge in [0, 0.05) is 29.5 Å². The summed E-state index contributed by atoms with van der Waals surface area (Å²) < 4.78 is 0. The second-order valence-electron chi connectivity index (χ2n) is 4.39. The molecule has 0 saturated heterocycles. The van der Waals surface area contributed by atoms with Gasteiger partial charge in [-0.25, -0.2) is 0 Å². The molecule has 0 radical (unpaired) electrons. The molecule has 0 unspecified atom stereocenters. The van der Waals surface area contributed by atoms with Gasteiger partial charge in [0.2, 0.25) is 0 Å². The van der Waals surface area contributed by atoms with Crippen LogP contribution in [-0.2, 0) is 0 Å². The molecule has 0 fully saturated rings. The number of hydrogen-bond acceptors (Lipinski definition) is 2. The van der Waals surface area contributed by atoms with E-state index in [2.05, 4.69) is 10.6 Å². The van der Waals surface area contributed by atoms with Crippen LogP contribution in [0.25, 0.3) is 0 Å². The molecular formula is C15H15Cl3N2. The third-order valence-electron chi connectivity index (χ3n) is 2.96. The van der Waals surface area contributed by atoms with Crippen molar-refractivity contribution in [3.8, 4) is 0 Å². The zero-order valence-electron chi connectivity index (χ0n) is 11.0. The van der Waals surface area contributed by atoms with E-state index in [9.17, 15) is 0 Å². The van der Waals surface area contributed by atoms with Crippen molar-refractivity contribution in [1.29, 1.82) is 0 Å². The first-order valence-corrected chi connectivity index (χ1v) is 7.39. The third kappa shape index (κ3) is 3.95. The molecule has 0 spiro atoms. The molecule has 0 aliphatic carbocycles. The second-order valence-corrected chi connectivity index (χ2v) is 5.62. The van der Waals surface area contributed by atoms with Crippen LogP contribution in [0.5, 0.6) is 0 Å². The normalized spacial score (nSPS) is 10.4. The fourth-order valence-electron chi connectivity index (χ4n) is 1.81. The maximum atomic E-state index is 6.07. The van der Waals surface area contributed by atoms with Gasteiger partial charge in [-0.1, -0.05) is 40.9 Å². The van der Waals surface area contributed by atoms with Crippen LogP contribution in [0.3, 0.4) is 0 Å². The molecule has 0 amide bonds. The zero-order chi connectivity index (χ0) is 14.5. The van der Waals surface area contributed by atoms with E-state index < -0.39 is 0 Å². The summed E-state index contributed by atoms with van der Waals surface area (Å²) in [5.74, 6) is 0. The topological polar surface area (TPSA) is 24.1 Å². The van der Waals surface area contributed by atoms with Gasteiger partial charge in [0.05, 0.1) is 10.0 Å². The van der Waals surface area contributed by atoms with Gasteiger partial charge in [0.15, 0.2) is 0 Å². The molecule has 0 aliphatic heterocycles. The van der Waals surface area contributed by atoms with E-state index in [1.165, 1.54) is 0 Å². The smallest absolute Gasteiger partial charge is 0.0612 e. The predicted molar refractivity (Wildman–Crippen MR) is 89.6 cm³/mol. The van der Waals surface area contributed by atoms with Gasteiger partial charge in [-0.05, 0) is 42.8 Å². The second kappa shape index (κ2) is 7.07. The molecule has 2 aromatic carbocycles. The van der Waals surface area contributed by atoms with Gasteiger partial charge in [0.25, 0.3) is 0 Å². The van der Waals surface area contributed by atoms with Gasteiger partial charge in [0.1, 0.15) is 0 Å². The van der Waals surface area contributed by atoms with Crippen molar-refractivity contribution in [2.75, 3.05) is 23.7 Å². The van der Waals surface area contributed by atoms with Crippen molar-refractivity contribution in [3.05, 3.63) is 57.0 Å². The van der Waals surface area contributed by atoms with Crippen molar-refractivity contribution < 1.29 is 0 Å². The Morgan fingerprint density at radius 2 is 1.60 bits per heavy atom. The summed E-state index contributed by atoms with van der Waals surface area (Å²) in [4.78, 5) is 0. The maximum Gasteiger partial charge on any atom is 0.0612 e. The number of halogens is 3. The van der Waals surface area contributed by atoms with Crippen molar-refractivity contribution in [2.24, 2.45) is 0 Å². The van der Waals surface area contributed by atoms with Crippen molar-refractivity contribution >= 4 is 46.2 Å². The van der Waals surface area contributed by atoms with Crippen LogP contribution in [0.2, 0.25) is 15.1 Å². The molecule has 0 atom stereocenters. The number of benzene rings is 2. The van der Waals surface area contributed by atoms with Crippen molar-refractivity contribution in [1.82, 2.24) is 0 Å². The third-order valence-corrected chi connectivity index (χ3v) is 4.11. The Kier molecular flexibility index (Phi) is 5.41. The lowest BCUT2D eigenvalue weighted by Crippen LogP contribution is -2.14. The van der Waals surface area contributed by atoms with Crippen LogP contribution >= 0.6 is 34.8 Å². The molecule has 2 aromatic rings. The number of hydrogen-bond donors (Lipinski definition) is 2. The van der Waals surface area contributed by atoms with Gasteiger partial charge in [-0.15, -0.1) is 0 Å². The molecular weight excluding hydrogens is 315 g/mol. The van der Waals surface area contributed by atoms with E-state index in [0.717, 1.165) is 35.1 Å². The first-order chi connectivity index (χ1) is 9.58. The molecule has 0 aromatic heterocycles. The van der Waals surface area contributed by atoms with E-state index in [4.69, 9.17) is 34.8 Å². The summed E-state index contributed by atoms with van der Waals surface area (Å²) >= 11 is 17.9. The molecule has 0 bridgehead atoms. The number of rotatable bonds is 5. The van der Waals surface area contributed by atoms with Gasteiger partial charge >= 0.3 is 0 Å². The highest BCUT2D eigenvalue weighted by Gasteiger charge is 2.01. The summed E-state index contributed by atoms with van der Waals surface area (Å²) in [5.41, 5.74) is 3.06. The lowest BCUT2D eigenvalue weighted by atomic mass is 10.2. The average molecular weight is 330 g/mol. The van der Waals surface area contributed by atoms with Crippen LogP contribution in [0.4, 0.5) is 11.4 Å². The zero-order valence-corrected chi connectivity index (χ0v) is 13.3. The highest BCUT2D eigenvalue weighted by Crippen LogP contribution is 2.25. The lowest BCUT2D eigenvalue weighted by molar-refractivity contribution is 1.07. The monoisotopic (exact) mass is 328 g/mol. The fraction of sp³-hybridized carbons (Fsp3) is 0.200. The minimum absolute atomic E-state index is 0.551. The van der Waals surface area contributed by atoms with E-state index in [0.29, 0.717) is 10.0 Å². The summed E-state index contributed by atoms with van der Waals surface area (Å²) in [6.07, 6.45) is 0. The van der Waals surface area contributed by atoms with Gasteiger partial charge < -0.3 is 10.6 Å². The molecule has 2 N–H and O–H groups in total.